The quantitative estimate of drug-likeness (QED) is 0.650. The second kappa shape index (κ2) is 5.95. The van der Waals surface area contributed by atoms with E-state index in [4.69, 9.17) is 0 Å². The first kappa shape index (κ1) is 14.2. The number of anilines is 1. The molecular weight excluding hydrogens is 396 g/mol. The Labute approximate surface area is 138 Å². The Hall–Kier alpha value is -1.72. The van der Waals surface area contributed by atoms with Gasteiger partial charge in [0.15, 0.2) is 0 Å². The van der Waals surface area contributed by atoms with Gasteiger partial charge in [0.05, 0.1) is 4.47 Å². The number of fused-ring (bicyclic) bond motifs is 1. The molecule has 5 heteroatoms. The van der Waals surface area contributed by atoms with Crippen LogP contribution in [0.2, 0.25) is 0 Å². The summed E-state index contributed by atoms with van der Waals surface area (Å²) in [6.07, 6.45) is 1.64. The van der Waals surface area contributed by atoms with Crippen LogP contribution in [-0.2, 0) is 0 Å². The summed E-state index contributed by atoms with van der Waals surface area (Å²) in [5.74, 6) is 0.318. The van der Waals surface area contributed by atoms with E-state index in [1.54, 1.807) is 6.20 Å². The molecule has 1 aromatic heterocycles. The van der Waals surface area contributed by atoms with E-state index < -0.39 is 0 Å². The maximum atomic E-state index is 12.5. The molecule has 1 heterocycles. The van der Waals surface area contributed by atoms with Crippen molar-refractivity contribution in [2.75, 3.05) is 5.32 Å². The highest BCUT2D eigenvalue weighted by atomic mass is 79.9. The van der Waals surface area contributed by atoms with Gasteiger partial charge in [-0.15, -0.1) is 0 Å². The molecule has 3 rings (SSSR count). The molecule has 0 spiro atoms. The number of pyridine rings is 1. The minimum Gasteiger partial charge on any atom is -0.306 e. The van der Waals surface area contributed by atoms with Crippen LogP contribution in [0.5, 0.6) is 0 Å². The van der Waals surface area contributed by atoms with E-state index in [1.807, 2.05) is 48.5 Å². The van der Waals surface area contributed by atoms with Gasteiger partial charge in [0, 0.05) is 16.2 Å². The zero-order valence-corrected chi connectivity index (χ0v) is 14.0. The maximum absolute atomic E-state index is 12.5. The smallest absolute Gasteiger partial charge is 0.257 e. The van der Waals surface area contributed by atoms with E-state index >= 15 is 0 Å². The van der Waals surface area contributed by atoms with Crippen molar-refractivity contribution in [2.45, 2.75) is 0 Å². The Balaban J connectivity index is 1.97. The van der Waals surface area contributed by atoms with Crippen LogP contribution >= 0.6 is 31.9 Å². The lowest BCUT2D eigenvalue weighted by molar-refractivity contribution is 0.102. The van der Waals surface area contributed by atoms with Crippen LogP contribution in [0.25, 0.3) is 10.8 Å². The molecule has 0 bridgehead atoms. The van der Waals surface area contributed by atoms with Crippen LogP contribution in [0, 0.1) is 0 Å². The van der Waals surface area contributed by atoms with Crippen molar-refractivity contribution in [3.05, 3.63) is 69.2 Å². The Morgan fingerprint density at radius 2 is 1.81 bits per heavy atom. The van der Waals surface area contributed by atoms with Crippen LogP contribution in [0.3, 0.4) is 0 Å². The first-order valence-corrected chi connectivity index (χ1v) is 7.84. The molecular formula is C16H10Br2N2O. The number of nitrogens with zero attached hydrogens (tertiary/aromatic N) is 1. The number of carbonyl (C=O) groups is 1. The third-order valence-electron chi connectivity index (χ3n) is 3.07. The maximum Gasteiger partial charge on any atom is 0.257 e. The summed E-state index contributed by atoms with van der Waals surface area (Å²) >= 11 is 6.73. The number of nitrogens with one attached hydrogen (secondary N) is 1. The normalized spacial score (nSPS) is 10.6. The van der Waals surface area contributed by atoms with Crippen molar-refractivity contribution in [3.63, 3.8) is 0 Å². The van der Waals surface area contributed by atoms with Crippen LogP contribution in [0.15, 0.2) is 63.7 Å². The SMILES string of the molecule is O=C(Nc1ncc(Br)cc1Br)c1cccc2ccccc12. The highest BCUT2D eigenvalue weighted by Gasteiger charge is 2.12. The molecule has 0 radical (unpaired) electrons. The van der Waals surface area contributed by atoms with Gasteiger partial charge in [-0.3, -0.25) is 4.79 Å². The van der Waals surface area contributed by atoms with Gasteiger partial charge >= 0.3 is 0 Å². The van der Waals surface area contributed by atoms with E-state index in [9.17, 15) is 4.79 Å². The second-order valence-corrected chi connectivity index (χ2v) is 6.23. The fourth-order valence-corrected chi connectivity index (χ4v) is 3.19. The molecule has 0 saturated heterocycles. The van der Waals surface area contributed by atoms with E-state index in [0.717, 1.165) is 19.7 Å². The molecule has 1 N–H and O–H groups in total. The first-order valence-electron chi connectivity index (χ1n) is 6.25. The molecule has 0 aliphatic rings. The van der Waals surface area contributed by atoms with Gasteiger partial charge in [-0.2, -0.15) is 0 Å². The zero-order chi connectivity index (χ0) is 14.8. The fourth-order valence-electron chi connectivity index (χ4n) is 2.10. The van der Waals surface area contributed by atoms with Gasteiger partial charge < -0.3 is 5.32 Å². The predicted molar refractivity (Wildman–Crippen MR) is 91.5 cm³/mol. The molecule has 3 aromatic rings. The van der Waals surface area contributed by atoms with Crippen LogP contribution < -0.4 is 5.32 Å². The van der Waals surface area contributed by atoms with Gasteiger partial charge in [0.25, 0.3) is 5.91 Å². The highest BCUT2D eigenvalue weighted by Crippen LogP contribution is 2.25. The minimum absolute atomic E-state index is 0.178. The van der Waals surface area contributed by atoms with Gasteiger partial charge in [-0.05, 0) is 54.8 Å². The monoisotopic (exact) mass is 404 g/mol. The lowest BCUT2D eigenvalue weighted by atomic mass is 10.0. The summed E-state index contributed by atoms with van der Waals surface area (Å²) in [7, 11) is 0. The van der Waals surface area contributed by atoms with Crippen LogP contribution in [-0.4, -0.2) is 10.9 Å². The molecule has 0 atom stereocenters. The van der Waals surface area contributed by atoms with E-state index in [0.29, 0.717) is 11.4 Å². The third kappa shape index (κ3) is 2.99. The second-order valence-electron chi connectivity index (χ2n) is 4.46. The highest BCUT2D eigenvalue weighted by molar-refractivity contribution is 9.11. The zero-order valence-electron chi connectivity index (χ0n) is 10.8. The number of rotatable bonds is 2. The summed E-state index contributed by atoms with van der Waals surface area (Å²) in [5, 5.41) is 4.79. The third-order valence-corrected chi connectivity index (χ3v) is 4.11. The number of hydrogen-bond donors (Lipinski definition) is 1. The first-order chi connectivity index (χ1) is 10.1. The predicted octanol–water partition coefficient (Wildman–Crippen LogP) is 5.01. The lowest BCUT2D eigenvalue weighted by Crippen LogP contribution is -2.13. The molecule has 0 fully saturated rings. The van der Waals surface area contributed by atoms with Gasteiger partial charge in [-0.25, -0.2) is 4.98 Å². The molecule has 2 aromatic carbocycles. The molecule has 0 saturated carbocycles. The number of aromatic nitrogens is 1. The van der Waals surface area contributed by atoms with Gasteiger partial charge in [0.2, 0.25) is 0 Å². The average Bonchev–Trinajstić information content (AvgIpc) is 2.49. The van der Waals surface area contributed by atoms with Crippen molar-refractivity contribution >= 4 is 54.4 Å². The Morgan fingerprint density at radius 1 is 1.05 bits per heavy atom. The van der Waals surface area contributed by atoms with Crippen LogP contribution in [0.1, 0.15) is 10.4 Å². The fraction of sp³-hybridized carbons (Fsp3) is 0. The minimum atomic E-state index is -0.178. The standard InChI is InChI=1S/C16H10Br2N2O/c17-11-8-14(18)15(19-9-11)20-16(21)13-7-3-5-10-4-1-2-6-12(10)13/h1-9H,(H,19,20,21). The Kier molecular flexibility index (Phi) is 4.03. The molecule has 1 amide bonds. The van der Waals surface area contributed by atoms with Gasteiger partial charge in [0.1, 0.15) is 5.82 Å². The summed E-state index contributed by atoms with van der Waals surface area (Å²) < 4.78 is 1.57. The number of hydrogen-bond acceptors (Lipinski definition) is 2. The van der Waals surface area contributed by atoms with Crippen molar-refractivity contribution in [1.82, 2.24) is 4.98 Å². The Bertz CT molecular complexity index is 828. The van der Waals surface area contributed by atoms with Crippen molar-refractivity contribution in [2.24, 2.45) is 0 Å². The number of benzene rings is 2. The number of carbonyl (C=O) groups excluding carboxylic acids is 1. The summed E-state index contributed by atoms with van der Waals surface area (Å²) in [6.45, 7) is 0. The van der Waals surface area contributed by atoms with Gasteiger partial charge in [-0.1, -0.05) is 36.4 Å². The number of amides is 1. The molecule has 3 nitrogen and oxygen atoms in total. The summed E-state index contributed by atoms with van der Waals surface area (Å²) in [6, 6.07) is 15.3. The van der Waals surface area contributed by atoms with E-state index in [1.165, 1.54) is 0 Å². The Morgan fingerprint density at radius 3 is 2.62 bits per heavy atom. The van der Waals surface area contributed by atoms with Crippen molar-refractivity contribution in [1.29, 1.82) is 0 Å². The summed E-state index contributed by atoms with van der Waals surface area (Å²) in [5.41, 5.74) is 0.629. The molecule has 21 heavy (non-hydrogen) atoms. The molecule has 0 aliphatic heterocycles. The lowest BCUT2D eigenvalue weighted by Gasteiger charge is -2.09. The van der Waals surface area contributed by atoms with Crippen molar-refractivity contribution < 1.29 is 4.79 Å². The van der Waals surface area contributed by atoms with Crippen LogP contribution in [0.4, 0.5) is 5.82 Å². The molecule has 0 aliphatic carbocycles. The topological polar surface area (TPSA) is 42.0 Å². The van der Waals surface area contributed by atoms with E-state index in [-0.39, 0.29) is 5.91 Å². The average molecular weight is 406 g/mol. The summed E-state index contributed by atoms with van der Waals surface area (Å²) in [4.78, 5) is 16.7. The van der Waals surface area contributed by atoms with E-state index in [2.05, 4.69) is 42.2 Å². The molecule has 104 valence electrons. The number of halogens is 2. The van der Waals surface area contributed by atoms with Crippen molar-refractivity contribution in [3.8, 4) is 0 Å². The molecule has 0 unspecified atom stereocenters. The largest absolute Gasteiger partial charge is 0.306 e.